The van der Waals surface area contributed by atoms with E-state index in [2.05, 4.69) is 4.98 Å². The molecule has 0 bridgehead atoms. The van der Waals surface area contributed by atoms with E-state index in [9.17, 15) is 40.7 Å². The number of halogens is 6. The van der Waals surface area contributed by atoms with Crippen LogP contribution in [-0.2, 0) is 13.2 Å². The average Bonchev–Trinajstić information content (AvgIpc) is 3.03. The fourth-order valence-corrected chi connectivity index (χ4v) is 3.72. The van der Waals surface area contributed by atoms with Gasteiger partial charge in [-0.1, -0.05) is 12.1 Å². The van der Waals surface area contributed by atoms with Gasteiger partial charge >= 0.3 is 18.0 Å². The molecule has 0 spiro atoms. The number of aromatic amines is 1. The molecule has 0 aliphatic carbocycles. The van der Waals surface area contributed by atoms with Gasteiger partial charge in [-0.15, -0.1) is 0 Å². The summed E-state index contributed by atoms with van der Waals surface area (Å²) < 4.78 is 79.7. The summed E-state index contributed by atoms with van der Waals surface area (Å²) >= 11 is 0. The highest BCUT2D eigenvalue weighted by molar-refractivity contribution is 6.06. The first-order valence-corrected chi connectivity index (χ1v) is 9.58. The number of para-hydroxylation sites is 1. The molecule has 1 amide bonds. The molecule has 0 aliphatic heterocycles. The zero-order valence-electron chi connectivity index (χ0n) is 17.1. The summed E-state index contributed by atoms with van der Waals surface area (Å²) in [5.41, 5.74) is -4.23. The smallest absolute Gasteiger partial charge is 0.342 e. The normalized spacial score (nSPS) is 12.4. The van der Waals surface area contributed by atoms with Crippen molar-refractivity contribution < 1.29 is 31.1 Å². The topological polar surface area (TPSA) is 88.9 Å². The summed E-state index contributed by atoms with van der Waals surface area (Å²) in [4.78, 5) is 41.2. The first kappa shape index (κ1) is 23.1. The second-order valence-corrected chi connectivity index (χ2v) is 7.40. The second kappa shape index (κ2) is 7.78. The fraction of sp³-hybridized carbons (Fsp3) is 0.190. The maximum Gasteiger partial charge on any atom is 0.416 e. The third-order valence-electron chi connectivity index (χ3n) is 5.19. The Morgan fingerprint density at radius 3 is 2.32 bits per heavy atom. The lowest BCUT2D eigenvalue weighted by atomic mass is 10.1. The van der Waals surface area contributed by atoms with Crippen molar-refractivity contribution in [2.75, 3.05) is 6.54 Å². The van der Waals surface area contributed by atoms with Crippen LogP contribution in [0.2, 0.25) is 0 Å². The lowest BCUT2D eigenvalue weighted by molar-refractivity contribution is -0.137. The summed E-state index contributed by atoms with van der Waals surface area (Å²) in [6.07, 6.45) is -9.58. The molecule has 0 saturated heterocycles. The number of nitrogens with zero attached hydrogens (tertiary/aromatic N) is 2. The van der Waals surface area contributed by atoms with E-state index in [4.69, 9.17) is 0 Å². The highest BCUT2D eigenvalue weighted by Crippen LogP contribution is 2.35. The van der Waals surface area contributed by atoms with E-state index in [0.717, 1.165) is 16.7 Å². The van der Waals surface area contributed by atoms with Gasteiger partial charge in [0, 0.05) is 12.4 Å². The number of fused-ring (bicyclic) bond motifs is 2. The molecule has 178 valence electrons. The Morgan fingerprint density at radius 1 is 1.00 bits per heavy atom. The molecule has 4 rings (SSSR count). The lowest BCUT2D eigenvalue weighted by Gasteiger charge is -2.12. The van der Waals surface area contributed by atoms with Gasteiger partial charge in [0.2, 0.25) is 0 Å². The predicted molar refractivity (Wildman–Crippen MR) is 110 cm³/mol. The Bertz CT molecular complexity index is 1560. The van der Waals surface area contributed by atoms with Crippen LogP contribution >= 0.6 is 0 Å². The number of hydrogen-bond acceptors (Lipinski definition) is 3. The minimum absolute atomic E-state index is 0.0142. The van der Waals surface area contributed by atoms with Crippen molar-refractivity contribution in [1.82, 2.24) is 19.4 Å². The Kier molecular flexibility index (Phi) is 5.30. The number of amides is 1. The number of aryl methyl sites for hydroxylation is 1. The first-order chi connectivity index (χ1) is 15.8. The van der Waals surface area contributed by atoms with Crippen molar-refractivity contribution in [2.24, 2.45) is 7.05 Å². The minimum atomic E-state index is -4.80. The molecule has 2 heterocycles. The number of alkyl halides is 6. The molecule has 0 atom stereocenters. The van der Waals surface area contributed by atoms with Crippen LogP contribution in [0.1, 0.15) is 16.1 Å². The van der Waals surface area contributed by atoms with E-state index in [0.29, 0.717) is 10.6 Å². The fourth-order valence-electron chi connectivity index (χ4n) is 3.72. The summed E-state index contributed by atoms with van der Waals surface area (Å²) in [6.45, 7) is -1.73. The van der Waals surface area contributed by atoms with Gasteiger partial charge in [-0.3, -0.25) is 9.59 Å². The number of carbonyl (C=O) groups is 1. The van der Waals surface area contributed by atoms with Crippen molar-refractivity contribution >= 4 is 27.7 Å². The van der Waals surface area contributed by atoms with E-state index in [1.165, 1.54) is 31.3 Å². The standard InChI is InChI=1S/C21H14F6N4O3/c1-30-14-7-6-10(21(25,26)27)8-12(14)15(16(30)17(32)28-9-20(22,23)24)31-18(33)11-4-2-3-5-13(11)29-19(31)34/h2-8H,9H2,1H3,(H,28,32)(H,29,34). The van der Waals surface area contributed by atoms with E-state index >= 15 is 0 Å². The van der Waals surface area contributed by atoms with Gasteiger partial charge in [-0.2, -0.15) is 26.3 Å². The van der Waals surface area contributed by atoms with Gasteiger partial charge in [0.1, 0.15) is 12.2 Å². The van der Waals surface area contributed by atoms with Crippen LogP contribution in [0.4, 0.5) is 26.3 Å². The molecule has 2 N–H and O–H groups in total. The maximum atomic E-state index is 13.4. The Morgan fingerprint density at radius 2 is 1.68 bits per heavy atom. The van der Waals surface area contributed by atoms with Crippen molar-refractivity contribution in [3.63, 3.8) is 0 Å². The average molecular weight is 484 g/mol. The number of nitrogens with one attached hydrogen (secondary N) is 2. The van der Waals surface area contributed by atoms with E-state index in [1.807, 2.05) is 0 Å². The summed E-state index contributed by atoms with van der Waals surface area (Å²) in [5, 5.41) is 1.29. The summed E-state index contributed by atoms with van der Waals surface area (Å²) in [5.74, 6) is -1.33. The molecular formula is C21H14F6N4O3. The Balaban J connectivity index is 2.11. The number of hydrogen-bond donors (Lipinski definition) is 2. The quantitative estimate of drug-likeness (QED) is 0.437. The largest absolute Gasteiger partial charge is 0.416 e. The Labute approximate surface area is 185 Å². The molecule has 0 fully saturated rings. The van der Waals surface area contributed by atoms with Gasteiger partial charge in [-0.25, -0.2) is 9.36 Å². The van der Waals surface area contributed by atoms with Gasteiger partial charge in [0.15, 0.2) is 0 Å². The van der Waals surface area contributed by atoms with E-state index in [-0.39, 0.29) is 21.8 Å². The van der Waals surface area contributed by atoms with Crippen LogP contribution in [0.3, 0.4) is 0 Å². The van der Waals surface area contributed by atoms with E-state index in [1.54, 1.807) is 5.32 Å². The van der Waals surface area contributed by atoms with Crippen LogP contribution in [0.5, 0.6) is 0 Å². The van der Waals surface area contributed by atoms with Crippen LogP contribution in [-0.4, -0.2) is 32.7 Å². The molecule has 34 heavy (non-hydrogen) atoms. The van der Waals surface area contributed by atoms with Gasteiger partial charge in [-0.05, 0) is 30.3 Å². The SMILES string of the molecule is Cn1c(C(=O)NCC(F)(F)F)c(-n2c(=O)[nH]c3ccccc3c2=O)c2cc(C(F)(F)F)ccc21. The molecule has 0 aliphatic rings. The Hall–Kier alpha value is -4.03. The second-order valence-electron chi connectivity index (χ2n) is 7.40. The van der Waals surface area contributed by atoms with Gasteiger partial charge in [0.05, 0.1) is 27.7 Å². The number of benzene rings is 2. The summed E-state index contributed by atoms with van der Waals surface area (Å²) in [6, 6.07) is 8.13. The maximum absolute atomic E-state index is 13.4. The van der Waals surface area contributed by atoms with Gasteiger partial charge in [0.25, 0.3) is 11.5 Å². The molecule has 0 radical (unpaired) electrons. The van der Waals surface area contributed by atoms with Crippen molar-refractivity contribution in [1.29, 1.82) is 0 Å². The predicted octanol–water partition coefficient (Wildman–Crippen LogP) is 3.48. The molecule has 13 heteroatoms. The highest BCUT2D eigenvalue weighted by Gasteiger charge is 2.34. The number of aromatic nitrogens is 3. The molecule has 4 aromatic rings. The molecule has 0 saturated carbocycles. The van der Waals surface area contributed by atoms with Crippen LogP contribution in [0.15, 0.2) is 52.1 Å². The monoisotopic (exact) mass is 484 g/mol. The van der Waals surface area contributed by atoms with Crippen molar-refractivity contribution in [3.8, 4) is 5.69 Å². The minimum Gasteiger partial charge on any atom is -0.342 e. The van der Waals surface area contributed by atoms with Crippen LogP contribution in [0, 0.1) is 0 Å². The molecule has 2 aromatic heterocycles. The van der Waals surface area contributed by atoms with Gasteiger partial charge < -0.3 is 14.9 Å². The first-order valence-electron chi connectivity index (χ1n) is 9.58. The number of H-pyrrole nitrogens is 1. The molecular weight excluding hydrogens is 470 g/mol. The van der Waals surface area contributed by atoms with E-state index < -0.39 is 53.0 Å². The van der Waals surface area contributed by atoms with Crippen molar-refractivity contribution in [2.45, 2.75) is 12.4 Å². The molecule has 0 unspecified atom stereocenters. The summed E-state index contributed by atoms with van der Waals surface area (Å²) in [7, 11) is 1.22. The lowest BCUT2D eigenvalue weighted by Crippen LogP contribution is -2.38. The number of carbonyl (C=O) groups excluding carboxylic acids is 1. The molecule has 2 aromatic carbocycles. The van der Waals surface area contributed by atoms with Crippen molar-refractivity contribution in [3.05, 3.63) is 74.6 Å². The third-order valence-corrected chi connectivity index (χ3v) is 5.19. The third kappa shape index (κ3) is 3.93. The zero-order valence-corrected chi connectivity index (χ0v) is 17.1. The van der Waals surface area contributed by atoms with Crippen LogP contribution < -0.4 is 16.6 Å². The number of rotatable bonds is 3. The molecule has 7 nitrogen and oxygen atoms in total. The zero-order chi connectivity index (χ0) is 25.0. The van der Waals surface area contributed by atoms with Crippen LogP contribution in [0.25, 0.3) is 27.5 Å². The highest BCUT2D eigenvalue weighted by atomic mass is 19.4.